The van der Waals surface area contributed by atoms with E-state index in [0.29, 0.717) is 12.2 Å². The highest BCUT2D eigenvalue weighted by Gasteiger charge is 2.27. The van der Waals surface area contributed by atoms with Crippen LogP contribution in [0.1, 0.15) is 153 Å². The first-order chi connectivity index (χ1) is 22.3. The summed E-state index contributed by atoms with van der Waals surface area (Å²) in [5.74, 6) is 0.975. The standard InChI is InChI=1S/C42H63N2O2.HI/c1-6-8-9-10-11-12-13-14-15-16-17-18-19-25-33-46-40-30-29-36(34-38(40)42(3,4)5)35-44(37-26-21-20-22-27-37)41(45)39-28-23-24-32-43(39)31-7-2;/h20-24,26-30,32,34H,6-19,25,31,33,35H2,1-5H3;1H/q+1;/p-1. The van der Waals surface area contributed by atoms with Crippen LogP contribution in [0.5, 0.6) is 5.75 Å². The molecular formula is C42H63IN2O2. The zero-order valence-corrected chi connectivity index (χ0v) is 32.4. The largest absolute Gasteiger partial charge is 1.00 e. The summed E-state index contributed by atoms with van der Waals surface area (Å²) in [4.78, 5) is 15.9. The van der Waals surface area contributed by atoms with Gasteiger partial charge in [0.15, 0.2) is 6.20 Å². The van der Waals surface area contributed by atoms with Crippen LogP contribution >= 0.6 is 0 Å². The molecular weight excluding hydrogens is 691 g/mol. The number of aryl methyl sites for hydroxylation is 1. The Morgan fingerprint density at radius 1 is 0.702 bits per heavy atom. The molecule has 0 saturated heterocycles. The Morgan fingerprint density at radius 3 is 1.85 bits per heavy atom. The Labute approximate surface area is 304 Å². The quantitative estimate of drug-likeness (QED) is 0.0587. The number of unbranched alkanes of at least 4 members (excludes halogenated alkanes) is 13. The Morgan fingerprint density at radius 2 is 1.28 bits per heavy atom. The highest BCUT2D eigenvalue weighted by atomic mass is 127. The number of amides is 1. The number of hydrogen-bond donors (Lipinski definition) is 0. The number of carbonyl (C=O) groups excluding carboxylic acids is 1. The highest BCUT2D eigenvalue weighted by molar-refractivity contribution is 6.03. The lowest BCUT2D eigenvalue weighted by molar-refractivity contribution is -0.698. The summed E-state index contributed by atoms with van der Waals surface area (Å²) in [7, 11) is 0. The molecule has 0 radical (unpaired) electrons. The first kappa shape index (κ1) is 40.8. The second-order valence-corrected chi connectivity index (χ2v) is 14.0. The van der Waals surface area contributed by atoms with Crippen LogP contribution in [0, 0.1) is 0 Å². The lowest BCUT2D eigenvalue weighted by Crippen LogP contribution is -3.00. The fourth-order valence-corrected chi connectivity index (χ4v) is 6.18. The molecule has 3 aromatic rings. The Kier molecular flexibility index (Phi) is 20.0. The maximum Gasteiger partial charge on any atom is 0.323 e. The number of pyridine rings is 1. The van der Waals surface area contributed by atoms with Crippen LogP contribution in [-0.4, -0.2) is 12.5 Å². The summed E-state index contributed by atoms with van der Waals surface area (Å²) in [5.41, 5.74) is 3.82. The number of halogens is 1. The van der Waals surface area contributed by atoms with Crippen LogP contribution in [0.4, 0.5) is 5.69 Å². The van der Waals surface area contributed by atoms with Crippen molar-refractivity contribution in [3.63, 3.8) is 0 Å². The third-order valence-corrected chi connectivity index (χ3v) is 8.89. The minimum atomic E-state index is -0.0774. The van der Waals surface area contributed by atoms with Gasteiger partial charge in [0, 0.05) is 24.2 Å². The van der Waals surface area contributed by atoms with Crippen molar-refractivity contribution in [2.24, 2.45) is 0 Å². The second-order valence-electron chi connectivity index (χ2n) is 14.0. The predicted octanol–water partition coefficient (Wildman–Crippen LogP) is 8.39. The van der Waals surface area contributed by atoms with Gasteiger partial charge in [0.2, 0.25) is 0 Å². The van der Waals surface area contributed by atoms with E-state index in [1.165, 1.54) is 89.0 Å². The average Bonchev–Trinajstić information content (AvgIpc) is 3.06. The molecule has 2 aromatic carbocycles. The van der Waals surface area contributed by atoms with Crippen LogP contribution in [0.2, 0.25) is 0 Å². The summed E-state index contributed by atoms with van der Waals surface area (Å²) in [5, 5.41) is 0. The van der Waals surface area contributed by atoms with Gasteiger partial charge in [-0.1, -0.05) is 142 Å². The summed E-state index contributed by atoms with van der Waals surface area (Å²) in [6.07, 6.45) is 22.0. The number of nitrogens with zero attached hydrogens (tertiary/aromatic N) is 2. The zero-order chi connectivity index (χ0) is 33.0. The molecule has 5 heteroatoms. The molecule has 47 heavy (non-hydrogen) atoms. The van der Waals surface area contributed by atoms with Crippen molar-refractivity contribution >= 4 is 11.6 Å². The van der Waals surface area contributed by atoms with Gasteiger partial charge in [-0.3, -0.25) is 9.69 Å². The first-order valence-corrected chi connectivity index (χ1v) is 18.5. The molecule has 3 rings (SSSR count). The Hall–Kier alpha value is -2.41. The molecule has 0 saturated carbocycles. The van der Waals surface area contributed by atoms with Gasteiger partial charge in [0.05, 0.1) is 13.2 Å². The van der Waals surface area contributed by atoms with Crippen LogP contribution in [-0.2, 0) is 18.5 Å². The van der Waals surface area contributed by atoms with Gasteiger partial charge in [-0.05, 0) is 53.3 Å². The topological polar surface area (TPSA) is 33.4 Å². The van der Waals surface area contributed by atoms with Gasteiger partial charge in [0.1, 0.15) is 12.3 Å². The molecule has 0 aliphatic rings. The monoisotopic (exact) mass is 754 g/mol. The molecule has 1 amide bonds. The molecule has 0 spiro atoms. The number of benzene rings is 2. The van der Waals surface area contributed by atoms with Crippen molar-refractivity contribution in [3.05, 3.63) is 89.7 Å². The smallest absolute Gasteiger partial charge is 0.323 e. The molecule has 0 N–H and O–H groups in total. The normalized spacial score (nSPS) is 11.3. The van der Waals surface area contributed by atoms with Gasteiger partial charge in [-0.25, -0.2) is 0 Å². The minimum absolute atomic E-state index is 0. The van der Waals surface area contributed by atoms with E-state index < -0.39 is 0 Å². The van der Waals surface area contributed by atoms with Gasteiger partial charge in [0.25, 0.3) is 5.69 Å². The maximum atomic E-state index is 14.0. The van der Waals surface area contributed by atoms with Crippen molar-refractivity contribution in [1.29, 1.82) is 0 Å². The van der Waals surface area contributed by atoms with Crippen molar-refractivity contribution in [2.45, 2.75) is 149 Å². The van der Waals surface area contributed by atoms with E-state index in [2.05, 4.69) is 57.4 Å². The Bertz CT molecular complexity index is 1270. The van der Waals surface area contributed by atoms with Crippen molar-refractivity contribution in [1.82, 2.24) is 0 Å². The van der Waals surface area contributed by atoms with E-state index in [0.717, 1.165) is 43.0 Å². The summed E-state index contributed by atoms with van der Waals surface area (Å²) in [6.45, 7) is 13.2. The fourth-order valence-electron chi connectivity index (χ4n) is 6.18. The average molecular weight is 755 g/mol. The lowest BCUT2D eigenvalue weighted by atomic mass is 9.85. The van der Waals surface area contributed by atoms with Gasteiger partial charge in [-0.15, -0.1) is 0 Å². The molecule has 0 aliphatic carbocycles. The van der Waals surface area contributed by atoms with E-state index >= 15 is 0 Å². The molecule has 0 bridgehead atoms. The molecule has 0 unspecified atom stereocenters. The SMILES string of the molecule is CCCCCCCCCCCCCCCCOc1ccc(CN(C(=O)c2cccc[n+]2CCC)c2ccccc2)cc1C(C)(C)C.[I-]. The van der Waals surface area contributed by atoms with E-state index in [1.807, 2.05) is 59.6 Å². The predicted molar refractivity (Wildman–Crippen MR) is 195 cm³/mol. The summed E-state index contributed by atoms with van der Waals surface area (Å²) >= 11 is 0. The van der Waals surface area contributed by atoms with E-state index in [9.17, 15) is 4.79 Å². The number of hydrogen-bond acceptors (Lipinski definition) is 2. The zero-order valence-electron chi connectivity index (χ0n) is 30.2. The first-order valence-electron chi connectivity index (χ1n) is 18.5. The van der Waals surface area contributed by atoms with Crippen LogP contribution in [0.3, 0.4) is 0 Å². The number of rotatable bonds is 22. The van der Waals surface area contributed by atoms with E-state index in [4.69, 9.17) is 4.74 Å². The maximum absolute atomic E-state index is 14.0. The third kappa shape index (κ3) is 14.7. The van der Waals surface area contributed by atoms with Crippen molar-refractivity contribution in [3.8, 4) is 5.75 Å². The van der Waals surface area contributed by atoms with Gasteiger partial charge in [-0.2, -0.15) is 4.57 Å². The summed E-state index contributed by atoms with van der Waals surface area (Å²) < 4.78 is 8.45. The van der Waals surface area contributed by atoms with Crippen LogP contribution in [0.15, 0.2) is 72.9 Å². The molecule has 0 atom stereocenters. The van der Waals surface area contributed by atoms with E-state index in [1.54, 1.807) is 0 Å². The number of para-hydroxylation sites is 1. The van der Waals surface area contributed by atoms with Gasteiger partial charge < -0.3 is 28.7 Å². The molecule has 1 heterocycles. The number of aromatic nitrogens is 1. The highest BCUT2D eigenvalue weighted by Crippen LogP contribution is 2.33. The fraction of sp³-hybridized carbons (Fsp3) is 0.571. The van der Waals surface area contributed by atoms with Crippen molar-refractivity contribution in [2.75, 3.05) is 11.5 Å². The van der Waals surface area contributed by atoms with E-state index in [-0.39, 0.29) is 35.3 Å². The summed E-state index contributed by atoms with van der Waals surface area (Å²) in [6, 6.07) is 22.4. The second kappa shape index (κ2) is 23.0. The Balaban J connectivity index is 0.00000768. The molecule has 0 fully saturated rings. The molecule has 4 nitrogen and oxygen atoms in total. The molecule has 1 aromatic heterocycles. The minimum Gasteiger partial charge on any atom is -1.00 e. The molecule has 260 valence electrons. The van der Waals surface area contributed by atoms with Crippen LogP contribution < -0.4 is 38.2 Å². The number of carbonyl (C=O) groups is 1. The lowest BCUT2D eigenvalue weighted by Gasteiger charge is -2.26. The molecule has 0 aliphatic heterocycles. The van der Waals surface area contributed by atoms with Gasteiger partial charge >= 0.3 is 5.91 Å². The third-order valence-electron chi connectivity index (χ3n) is 8.89. The number of anilines is 1. The van der Waals surface area contributed by atoms with Crippen molar-refractivity contribution < 1.29 is 38.1 Å². The van der Waals surface area contributed by atoms with Crippen LogP contribution in [0.25, 0.3) is 0 Å². The number of ether oxygens (including phenoxy) is 1.